The fourth-order valence-electron chi connectivity index (χ4n) is 3.03. The molecule has 0 spiro atoms. The molecule has 0 aromatic carbocycles. The van der Waals surface area contributed by atoms with Gasteiger partial charge in [0.25, 0.3) is 5.56 Å². The summed E-state index contributed by atoms with van der Waals surface area (Å²) in [7, 11) is 0. The first-order chi connectivity index (χ1) is 12.0. The second kappa shape index (κ2) is 6.88. The molecular formula is C18H21N5O2. The Bertz CT molecular complexity index is 855. The molecule has 3 heterocycles. The maximum Gasteiger partial charge on any atom is 0.271 e. The normalized spacial score (nSPS) is 14.1. The van der Waals surface area contributed by atoms with Gasteiger partial charge in [-0.2, -0.15) is 0 Å². The fraction of sp³-hybridized carbons (Fsp3) is 0.333. The van der Waals surface area contributed by atoms with Gasteiger partial charge in [0.1, 0.15) is 12.0 Å². The van der Waals surface area contributed by atoms with Crippen LogP contribution in [0.25, 0.3) is 11.3 Å². The van der Waals surface area contributed by atoms with Crippen molar-refractivity contribution >= 4 is 11.6 Å². The van der Waals surface area contributed by atoms with Crippen molar-refractivity contribution in [2.75, 3.05) is 24.5 Å². The molecule has 1 saturated heterocycles. The van der Waals surface area contributed by atoms with Crippen LogP contribution in [0.2, 0.25) is 0 Å². The van der Waals surface area contributed by atoms with E-state index in [1.54, 1.807) is 11.1 Å². The lowest BCUT2D eigenvalue weighted by molar-refractivity contribution is -0.130. The number of likely N-dealkylation sites (N-methyl/N-ethyl adjacent to an activating group) is 1. The van der Waals surface area contributed by atoms with E-state index >= 15 is 0 Å². The smallest absolute Gasteiger partial charge is 0.271 e. The number of aromatic amines is 1. The number of nitrogens with one attached hydrogen (secondary N) is 1. The van der Waals surface area contributed by atoms with Gasteiger partial charge >= 0.3 is 0 Å². The number of likely N-dealkylation sites (tertiary alicyclic amines) is 1. The molecule has 0 aliphatic carbocycles. The van der Waals surface area contributed by atoms with Gasteiger partial charge in [-0.25, -0.2) is 9.97 Å². The van der Waals surface area contributed by atoms with E-state index in [0.29, 0.717) is 25.3 Å². The van der Waals surface area contributed by atoms with Crippen LogP contribution in [0.4, 0.5) is 5.69 Å². The Morgan fingerprint density at radius 1 is 1.44 bits per heavy atom. The summed E-state index contributed by atoms with van der Waals surface area (Å²) >= 11 is 0. The highest BCUT2D eigenvalue weighted by atomic mass is 16.2. The maximum absolute atomic E-state index is 12.4. The Morgan fingerprint density at radius 2 is 2.20 bits per heavy atom. The summed E-state index contributed by atoms with van der Waals surface area (Å²) in [5.74, 6) is -0.0774. The number of H-pyrrole nitrogens is 1. The molecule has 2 aromatic rings. The Labute approximate surface area is 146 Å². The Hall–Kier alpha value is -2.96. The molecular weight excluding hydrogens is 318 g/mol. The number of anilines is 1. The number of hydrogen-bond donors (Lipinski definition) is 1. The summed E-state index contributed by atoms with van der Waals surface area (Å²) < 4.78 is 0. The van der Waals surface area contributed by atoms with Crippen molar-refractivity contribution < 1.29 is 4.79 Å². The Kier molecular flexibility index (Phi) is 4.65. The number of hydrogen-bond acceptors (Lipinski definition) is 5. The summed E-state index contributed by atoms with van der Waals surface area (Å²) in [4.78, 5) is 38.9. The monoisotopic (exact) mass is 339 g/mol. The molecule has 0 bridgehead atoms. The van der Waals surface area contributed by atoms with Gasteiger partial charge in [0.2, 0.25) is 5.91 Å². The molecule has 1 fully saturated rings. The summed E-state index contributed by atoms with van der Waals surface area (Å²) in [6.45, 7) is 9.26. The van der Waals surface area contributed by atoms with E-state index in [1.165, 1.54) is 12.4 Å². The molecule has 2 aromatic heterocycles. The first-order valence-corrected chi connectivity index (χ1v) is 8.23. The molecule has 1 aliphatic heterocycles. The molecule has 0 saturated carbocycles. The number of nitrogens with zero attached hydrogens (tertiary/aromatic N) is 4. The zero-order chi connectivity index (χ0) is 18.0. The summed E-state index contributed by atoms with van der Waals surface area (Å²) in [5, 5.41) is 0. The lowest BCUT2D eigenvalue weighted by atomic mass is 10.1. The van der Waals surface area contributed by atoms with Crippen LogP contribution in [0.3, 0.4) is 0 Å². The van der Waals surface area contributed by atoms with E-state index in [-0.39, 0.29) is 17.5 Å². The van der Waals surface area contributed by atoms with Crippen LogP contribution in [-0.2, 0) is 4.79 Å². The van der Waals surface area contributed by atoms with Gasteiger partial charge < -0.3 is 14.8 Å². The van der Waals surface area contributed by atoms with Crippen molar-refractivity contribution in [2.24, 2.45) is 0 Å². The Balaban J connectivity index is 1.88. The van der Waals surface area contributed by atoms with E-state index in [2.05, 4.69) is 21.5 Å². The number of carbonyl (C=O) groups excluding carboxylic acids is 1. The van der Waals surface area contributed by atoms with Gasteiger partial charge in [-0.05, 0) is 32.1 Å². The van der Waals surface area contributed by atoms with E-state index < -0.39 is 0 Å². The van der Waals surface area contributed by atoms with Crippen LogP contribution in [0.1, 0.15) is 12.6 Å². The van der Waals surface area contributed by atoms with Crippen LogP contribution in [0, 0.1) is 6.92 Å². The van der Waals surface area contributed by atoms with Gasteiger partial charge in [0, 0.05) is 37.1 Å². The predicted molar refractivity (Wildman–Crippen MR) is 96.4 cm³/mol. The zero-order valence-electron chi connectivity index (χ0n) is 14.4. The van der Waals surface area contributed by atoms with Gasteiger partial charge in [0.15, 0.2) is 0 Å². The lowest BCUT2D eigenvalue weighted by Crippen LogP contribution is -2.61. The molecule has 0 unspecified atom stereocenters. The number of amides is 1. The number of aromatic nitrogens is 3. The second-order valence-electron chi connectivity index (χ2n) is 6.03. The summed E-state index contributed by atoms with van der Waals surface area (Å²) in [6.07, 6.45) is 4.49. The average Bonchev–Trinajstić information content (AvgIpc) is 2.58. The summed E-state index contributed by atoms with van der Waals surface area (Å²) in [6, 6.07) is 3.85. The van der Waals surface area contributed by atoms with Crippen molar-refractivity contribution in [1.82, 2.24) is 19.9 Å². The second-order valence-corrected chi connectivity index (χ2v) is 6.03. The van der Waals surface area contributed by atoms with Crippen molar-refractivity contribution in [2.45, 2.75) is 19.9 Å². The molecule has 1 N–H and O–H groups in total. The van der Waals surface area contributed by atoms with Gasteiger partial charge in [-0.1, -0.05) is 6.58 Å². The number of pyridine rings is 1. The summed E-state index contributed by atoms with van der Waals surface area (Å²) in [5.41, 5.74) is 2.90. The van der Waals surface area contributed by atoms with E-state index in [9.17, 15) is 9.59 Å². The van der Waals surface area contributed by atoms with Crippen molar-refractivity contribution in [1.29, 1.82) is 0 Å². The Morgan fingerprint density at radius 3 is 2.84 bits per heavy atom. The third kappa shape index (κ3) is 3.31. The highest BCUT2D eigenvalue weighted by Crippen LogP contribution is 2.24. The van der Waals surface area contributed by atoms with Crippen molar-refractivity contribution in [3.05, 3.63) is 53.4 Å². The first kappa shape index (κ1) is 16.9. The van der Waals surface area contributed by atoms with Crippen LogP contribution in [-0.4, -0.2) is 51.4 Å². The fourth-order valence-corrected chi connectivity index (χ4v) is 3.03. The standard InChI is InChI=1S/C18H21N5O2/c1-4-17(24)22-9-14(10-22)23(5-2)16-7-13(8-19-18(16)25)15-6-12(3)20-11-21-15/h4,6-8,11,14H,1,5,9-10H2,2-3H3,(H,19,25). The number of aryl methyl sites for hydroxylation is 1. The molecule has 130 valence electrons. The minimum absolute atomic E-state index is 0.0774. The highest BCUT2D eigenvalue weighted by Gasteiger charge is 2.34. The molecule has 1 amide bonds. The minimum atomic E-state index is -0.148. The van der Waals surface area contributed by atoms with Gasteiger partial charge in [0.05, 0.1) is 11.7 Å². The number of rotatable bonds is 5. The molecule has 3 rings (SSSR count). The third-order valence-corrected chi connectivity index (χ3v) is 4.42. The highest BCUT2D eigenvalue weighted by molar-refractivity contribution is 5.87. The molecule has 1 aliphatic rings. The average molecular weight is 339 g/mol. The molecule has 7 heteroatoms. The van der Waals surface area contributed by atoms with Crippen LogP contribution >= 0.6 is 0 Å². The maximum atomic E-state index is 12.4. The number of carbonyl (C=O) groups is 1. The van der Waals surface area contributed by atoms with Crippen LogP contribution in [0.15, 0.2) is 42.1 Å². The van der Waals surface area contributed by atoms with E-state index in [1.807, 2.05) is 30.9 Å². The van der Waals surface area contributed by atoms with Gasteiger partial charge in [-0.3, -0.25) is 9.59 Å². The quantitative estimate of drug-likeness (QED) is 0.832. The van der Waals surface area contributed by atoms with E-state index in [4.69, 9.17) is 0 Å². The molecule has 0 radical (unpaired) electrons. The minimum Gasteiger partial charge on any atom is -0.361 e. The SMILES string of the molecule is C=CC(=O)N1CC(N(CC)c2cc(-c3cc(C)ncn3)c[nH]c2=O)C1. The van der Waals surface area contributed by atoms with Crippen molar-refractivity contribution in [3.63, 3.8) is 0 Å². The topological polar surface area (TPSA) is 82.2 Å². The molecule has 25 heavy (non-hydrogen) atoms. The van der Waals surface area contributed by atoms with E-state index in [0.717, 1.165) is 17.0 Å². The van der Waals surface area contributed by atoms with Crippen molar-refractivity contribution in [3.8, 4) is 11.3 Å². The largest absolute Gasteiger partial charge is 0.361 e. The van der Waals surface area contributed by atoms with Crippen LogP contribution in [0.5, 0.6) is 0 Å². The van der Waals surface area contributed by atoms with Crippen LogP contribution < -0.4 is 10.5 Å². The third-order valence-electron chi connectivity index (χ3n) is 4.42. The molecule has 7 nitrogen and oxygen atoms in total. The zero-order valence-corrected chi connectivity index (χ0v) is 14.4. The molecule has 0 atom stereocenters. The van der Waals surface area contributed by atoms with Gasteiger partial charge in [-0.15, -0.1) is 0 Å². The first-order valence-electron chi connectivity index (χ1n) is 8.23. The predicted octanol–water partition coefficient (Wildman–Crippen LogP) is 1.36. The lowest BCUT2D eigenvalue weighted by Gasteiger charge is -2.45.